The molecule has 4 nitrogen and oxygen atoms in total. The molecule has 1 N–H and O–H groups in total. The lowest BCUT2D eigenvalue weighted by Crippen LogP contribution is -2.22. The van der Waals surface area contributed by atoms with Crippen molar-refractivity contribution in [1.82, 2.24) is 5.32 Å². The molecule has 102 valence electrons. The second-order valence-corrected chi connectivity index (χ2v) is 4.72. The van der Waals surface area contributed by atoms with E-state index in [1.165, 1.54) is 26.2 Å². The number of amides is 1. The number of unbranched alkanes of at least 4 members (excludes halogenated alkanes) is 4. The second kappa shape index (κ2) is 8.03. The van der Waals surface area contributed by atoms with Crippen molar-refractivity contribution in [2.45, 2.75) is 52.4 Å². The minimum absolute atomic E-state index is 0.118. The maximum absolute atomic E-state index is 12.0. The van der Waals surface area contributed by atoms with Gasteiger partial charge in [-0.1, -0.05) is 32.6 Å². The van der Waals surface area contributed by atoms with E-state index in [-0.39, 0.29) is 11.7 Å². The van der Waals surface area contributed by atoms with Crippen LogP contribution in [0.5, 0.6) is 0 Å². The molecule has 0 radical (unpaired) electrons. The molecule has 1 amide bonds. The Morgan fingerprint density at radius 1 is 1.17 bits per heavy atom. The Hall–Kier alpha value is -1.16. The maximum atomic E-state index is 12.0. The molecule has 0 unspecified atom stereocenters. The number of ketones is 1. The van der Waals surface area contributed by atoms with Crippen LogP contribution in [-0.2, 0) is 14.3 Å². The lowest BCUT2D eigenvalue weighted by molar-refractivity contribution is -0.118. The summed E-state index contributed by atoms with van der Waals surface area (Å²) in [5.74, 6) is -0.0310. The van der Waals surface area contributed by atoms with E-state index in [2.05, 4.69) is 12.2 Å². The number of hydrogen-bond acceptors (Lipinski definition) is 3. The number of nitrogens with one attached hydrogen (secondary N) is 1. The number of ether oxygens (including phenoxy) is 1. The van der Waals surface area contributed by atoms with Crippen molar-refractivity contribution in [1.29, 1.82) is 0 Å². The Labute approximate surface area is 109 Å². The summed E-state index contributed by atoms with van der Waals surface area (Å²) in [7, 11) is 0. The van der Waals surface area contributed by atoms with E-state index in [1.807, 2.05) is 0 Å². The predicted octanol–water partition coefficient (Wildman–Crippen LogP) is 2.34. The van der Waals surface area contributed by atoms with Gasteiger partial charge in [-0.25, -0.2) is 0 Å². The molecule has 1 aliphatic rings. The number of rotatable bonds is 8. The normalized spacial score (nSPS) is 15.0. The van der Waals surface area contributed by atoms with E-state index >= 15 is 0 Å². The van der Waals surface area contributed by atoms with Crippen LogP contribution in [0.2, 0.25) is 0 Å². The van der Waals surface area contributed by atoms with Crippen LogP contribution in [0.1, 0.15) is 52.4 Å². The molecule has 0 spiro atoms. The summed E-state index contributed by atoms with van der Waals surface area (Å²) in [6.45, 7) is 4.30. The van der Waals surface area contributed by atoms with E-state index in [0.717, 1.165) is 12.8 Å². The largest absolute Gasteiger partial charge is 0.370 e. The molecule has 0 aromatic carbocycles. The zero-order valence-corrected chi connectivity index (χ0v) is 11.4. The highest BCUT2D eigenvalue weighted by Gasteiger charge is 2.21. The smallest absolute Gasteiger partial charge is 0.221 e. The average Bonchev–Trinajstić information content (AvgIpc) is 2.76. The Morgan fingerprint density at radius 2 is 1.89 bits per heavy atom. The van der Waals surface area contributed by atoms with Gasteiger partial charge in [-0.2, -0.15) is 0 Å². The van der Waals surface area contributed by atoms with E-state index in [1.54, 1.807) is 0 Å². The molecule has 0 saturated heterocycles. The van der Waals surface area contributed by atoms with Crippen molar-refractivity contribution in [3.8, 4) is 0 Å². The molecule has 0 saturated carbocycles. The van der Waals surface area contributed by atoms with Gasteiger partial charge in [-0.15, -0.1) is 0 Å². The zero-order chi connectivity index (χ0) is 13.4. The number of carbonyl (C=O) groups is 2. The molecule has 0 aromatic heterocycles. The van der Waals surface area contributed by atoms with Gasteiger partial charge in [-0.3, -0.25) is 9.59 Å². The van der Waals surface area contributed by atoms with E-state index in [4.69, 9.17) is 4.74 Å². The van der Waals surface area contributed by atoms with Crippen molar-refractivity contribution in [3.63, 3.8) is 0 Å². The molecule has 1 rings (SSSR count). The van der Waals surface area contributed by atoms with Gasteiger partial charge in [0.25, 0.3) is 0 Å². The Morgan fingerprint density at radius 3 is 2.56 bits per heavy atom. The first-order valence-corrected chi connectivity index (χ1v) is 6.75. The molecule has 4 heteroatoms. The molecule has 1 aliphatic heterocycles. The SMILES string of the molecule is CCCCCCCC(=O)C1=C(NC(C)=O)COC1. The fraction of sp³-hybridized carbons (Fsp3) is 0.714. The molecule has 0 fully saturated rings. The molecular formula is C14H23NO3. The van der Waals surface area contributed by atoms with Gasteiger partial charge in [0, 0.05) is 18.9 Å². The molecule has 0 aliphatic carbocycles. The third-order valence-electron chi connectivity index (χ3n) is 3.03. The Kier molecular flexibility index (Phi) is 6.65. The van der Waals surface area contributed by atoms with Crippen molar-refractivity contribution in [2.24, 2.45) is 0 Å². The lowest BCUT2D eigenvalue weighted by atomic mass is 10.0. The number of carbonyl (C=O) groups excluding carboxylic acids is 2. The summed E-state index contributed by atoms with van der Waals surface area (Å²) in [6, 6.07) is 0. The second-order valence-electron chi connectivity index (χ2n) is 4.72. The van der Waals surface area contributed by atoms with E-state index in [0.29, 0.717) is 30.9 Å². The summed E-state index contributed by atoms with van der Waals surface area (Å²) in [4.78, 5) is 23.0. The molecule has 1 heterocycles. The molecule has 0 atom stereocenters. The summed E-state index contributed by atoms with van der Waals surface area (Å²) >= 11 is 0. The standard InChI is InChI=1S/C14H23NO3/c1-3-4-5-6-7-8-14(17)12-9-18-10-13(12)15-11(2)16/h3-10H2,1-2H3,(H,15,16). The van der Waals surface area contributed by atoms with Crippen molar-refractivity contribution >= 4 is 11.7 Å². The summed E-state index contributed by atoms with van der Waals surface area (Å²) < 4.78 is 5.23. The van der Waals surface area contributed by atoms with Crippen LogP contribution < -0.4 is 5.32 Å². The summed E-state index contributed by atoms with van der Waals surface area (Å²) in [6.07, 6.45) is 6.22. The first-order valence-electron chi connectivity index (χ1n) is 6.75. The van der Waals surface area contributed by atoms with Gasteiger partial charge < -0.3 is 10.1 Å². The summed E-state index contributed by atoms with van der Waals surface area (Å²) in [5, 5.41) is 2.68. The zero-order valence-electron chi connectivity index (χ0n) is 11.4. The van der Waals surface area contributed by atoms with Crippen molar-refractivity contribution < 1.29 is 14.3 Å². The third kappa shape index (κ3) is 5.00. The van der Waals surface area contributed by atoms with Gasteiger partial charge in [0.1, 0.15) is 0 Å². The number of hydrogen-bond donors (Lipinski definition) is 1. The Balaban J connectivity index is 2.37. The highest BCUT2D eigenvalue weighted by atomic mass is 16.5. The van der Waals surface area contributed by atoms with Crippen LogP contribution in [0.25, 0.3) is 0 Å². The van der Waals surface area contributed by atoms with Crippen LogP contribution in [0.15, 0.2) is 11.3 Å². The molecule has 18 heavy (non-hydrogen) atoms. The molecular weight excluding hydrogens is 230 g/mol. The third-order valence-corrected chi connectivity index (χ3v) is 3.03. The monoisotopic (exact) mass is 253 g/mol. The molecule has 0 aromatic rings. The minimum atomic E-state index is -0.149. The fourth-order valence-corrected chi connectivity index (χ4v) is 2.04. The topological polar surface area (TPSA) is 55.4 Å². The van der Waals surface area contributed by atoms with Crippen LogP contribution in [0.4, 0.5) is 0 Å². The maximum Gasteiger partial charge on any atom is 0.221 e. The lowest BCUT2D eigenvalue weighted by Gasteiger charge is -2.05. The first kappa shape index (κ1) is 14.9. The highest BCUT2D eigenvalue weighted by Crippen LogP contribution is 2.16. The van der Waals surface area contributed by atoms with E-state index < -0.39 is 0 Å². The van der Waals surface area contributed by atoms with Crippen LogP contribution >= 0.6 is 0 Å². The van der Waals surface area contributed by atoms with Crippen LogP contribution in [0, 0.1) is 0 Å². The Bertz CT molecular complexity index is 334. The van der Waals surface area contributed by atoms with Gasteiger partial charge in [0.15, 0.2) is 5.78 Å². The van der Waals surface area contributed by atoms with E-state index in [9.17, 15) is 9.59 Å². The van der Waals surface area contributed by atoms with Crippen LogP contribution in [0.3, 0.4) is 0 Å². The van der Waals surface area contributed by atoms with Gasteiger partial charge in [-0.05, 0) is 6.42 Å². The van der Waals surface area contributed by atoms with Crippen LogP contribution in [-0.4, -0.2) is 24.9 Å². The highest BCUT2D eigenvalue weighted by molar-refractivity contribution is 5.97. The minimum Gasteiger partial charge on any atom is -0.370 e. The average molecular weight is 253 g/mol. The summed E-state index contributed by atoms with van der Waals surface area (Å²) in [5.41, 5.74) is 1.31. The fourth-order valence-electron chi connectivity index (χ4n) is 2.04. The van der Waals surface area contributed by atoms with Crippen molar-refractivity contribution in [3.05, 3.63) is 11.3 Å². The van der Waals surface area contributed by atoms with Gasteiger partial charge in [0.05, 0.1) is 18.9 Å². The quantitative estimate of drug-likeness (QED) is 0.675. The van der Waals surface area contributed by atoms with Gasteiger partial charge >= 0.3 is 0 Å². The number of Topliss-reactive ketones (excluding diaryl/α,β-unsaturated/α-hetero) is 1. The first-order chi connectivity index (χ1) is 8.65. The van der Waals surface area contributed by atoms with Crippen molar-refractivity contribution in [2.75, 3.05) is 13.2 Å². The molecule has 0 bridgehead atoms. The van der Waals surface area contributed by atoms with Gasteiger partial charge in [0.2, 0.25) is 5.91 Å². The predicted molar refractivity (Wildman–Crippen MR) is 70.0 cm³/mol.